The highest BCUT2D eigenvalue weighted by Crippen LogP contribution is 2.28. The molecule has 0 aliphatic rings. The van der Waals surface area contributed by atoms with Gasteiger partial charge in [0.2, 0.25) is 0 Å². The summed E-state index contributed by atoms with van der Waals surface area (Å²) in [6.07, 6.45) is 0.908. The van der Waals surface area contributed by atoms with Gasteiger partial charge in [0.05, 0.1) is 6.61 Å². The number of rotatable bonds is 7. The van der Waals surface area contributed by atoms with E-state index in [9.17, 15) is 9.90 Å². The monoisotopic (exact) mass is 313 g/mol. The normalized spacial score (nSPS) is 10.5. The molecule has 4 nitrogen and oxygen atoms in total. The second-order valence-electron chi connectivity index (χ2n) is 5.38. The fraction of sp³-hybridized carbons (Fsp3) is 0.316. The Morgan fingerprint density at radius 2 is 1.78 bits per heavy atom. The van der Waals surface area contributed by atoms with Gasteiger partial charge < -0.3 is 14.7 Å². The van der Waals surface area contributed by atoms with Gasteiger partial charge in [0.15, 0.2) is 0 Å². The summed E-state index contributed by atoms with van der Waals surface area (Å²) in [5.41, 5.74) is 2.30. The van der Waals surface area contributed by atoms with Crippen LogP contribution in [-0.2, 0) is 4.74 Å². The van der Waals surface area contributed by atoms with Crippen molar-refractivity contribution in [2.45, 2.75) is 13.3 Å². The minimum atomic E-state index is 0.00716. The Hall–Kier alpha value is -2.33. The summed E-state index contributed by atoms with van der Waals surface area (Å²) in [6.45, 7) is 3.88. The molecule has 23 heavy (non-hydrogen) atoms. The fourth-order valence-corrected chi connectivity index (χ4v) is 2.48. The van der Waals surface area contributed by atoms with Crippen LogP contribution in [0, 0.1) is 0 Å². The van der Waals surface area contributed by atoms with Crippen molar-refractivity contribution in [3.63, 3.8) is 0 Å². The van der Waals surface area contributed by atoms with Crippen LogP contribution in [-0.4, -0.2) is 42.7 Å². The van der Waals surface area contributed by atoms with Gasteiger partial charge in [-0.3, -0.25) is 4.79 Å². The second-order valence-corrected chi connectivity index (χ2v) is 5.38. The number of nitrogens with zero attached hydrogens (tertiary/aromatic N) is 1. The topological polar surface area (TPSA) is 49.8 Å². The molecule has 2 aromatic rings. The van der Waals surface area contributed by atoms with Crippen molar-refractivity contribution < 1.29 is 14.6 Å². The molecule has 0 atom stereocenters. The summed E-state index contributed by atoms with van der Waals surface area (Å²) in [7, 11) is 1.63. The number of benzene rings is 2. The number of aromatic hydroxyl groups is 1. The molecule has 0 aliphatic carbocycles. The number of carbonyl (C=O) groups is 1. The molecule has 0 radical (unpaired) electrons. The lowest BCUT2D eigenvalue weighted by Gasteiger charge is -2.22. The second kappa shape index (κ2) is 8.34. The van der Waals surface area contributed by atoms with Gasteiger partial charge in [0.1, 0.15) is 5.75 Å². The number of para-hydroxylation sites is 1. The number of hydrogen-bond donors (Lipinski definition) is 1. The zero-order valence-corrected chi connectivity index (χ0v) is 13.7. The fourth-order valence-electron chi connectivity index (χ4n) is 2.48. The summed E-state index contributed by atoms with van der Waals surface area (Å²) < 4.78 is 5.07. The highest BCUT2D eigenvalue weighted by molar-refractivity contribution is 5.94. The standard InChI is InChI=1S/C19H23NO3/c1-3-12-20(13-14-23-2)19(22)16-10-8-15(9-11-16)17-6-4-5-7-18(17)21/h4-11,21H,3,12-14H2,1-2H3. The Morgan fingerprint density at radius 3 is 2.39 bits per heavy atom. The Morgan fingerprint density at radius 1 is 1.09 bits per heavy atom. The van der Waals surface area contributed by atoms with Crippen LogP contribution in [0.3, 0.4) is 0 Å². The Kier molecular flexibility index (Phi) is 6.18. The zero-order chi connectivity index (χ0) is 16.7. The van der Waals surface area contributed by atoms with E-state index in [-0.39, 0.29) is 11.7 Å². The van der Waals surface area contributed by atoms with E-state index < -0.39 is 0 Å². The van der Waals surface area contributed by atoms with Crippen molar-refractivity contribution in [3.8, 4) is 16.9 Å². The molecule has 1 N–H and O–H groups in total. The first-order valence-corrected chi connectivity index (χ1v) is 7.84. The average molecular weight is 313 g/mol. The van der Waals surface area contributed by atoms with Gasteiger partial charge in [-0.15, -0.1) is 0 Å². The van der Waals surface area contributed by atoms with Crippen molar-refractivity contribution in [1.29, 1.82) is 0 Å². The molecule has 0 bridgehead atoms. The molecular formula is C19H23NO3. The highest BCUT2D eigenvalue weighted by Gasteiger charge is 2.15. The third kappa shape index (κ3) is 4.33. The smallest absolute Gasteiger partial charge is 0.253 e. The summed E-state index contributed by atoms with van der Waals surface area (Å²) in [5.74, 6) is 0.243. The van der Waals surface area contributed by atoms with Gasteiger partial charge in [0, 0.05) is 31.3 Å². The van der Waals surface area contributed by atoms with Gasteiger partial charge in [-0.1, -0.05) is 37.3 Å². The predicted molar refractivity (Wildman–Crippen MR) is 91.6 cm³/mol. The van der Waals surface area contributed by atoms with E-state index in [2.05, 4.69) is 0 Å². The molecule has 0 aliphatic heterocycles. The maximum absolute atomic E-state index is 12.6. The van der Waals surface area contributed by atoms with Crippen LogP contribution in [0.5, 0.6) is 5.75 Å². The van der Waals surface area contributed by atoms with E-state index in [0.29, 0.717) is 25.3 Å². The minimum absolute atomic E-state index is 0.00716. The van der Waals surface area contributed by atoms with Crippen LogP contribution in [0.25, 0.3) is 11.1 Å². The molecule has 122 valence electrons. The van der Waals surface area contributed by atoms with Crippen LogP contribution in [0.1, 0.15) is 23.7 Å². The average Bonchev–Trinajstić information content (AvgIpc) is 2.58. The molecule has 2 aromatic carbocycles. The third-order valence-electron chi connectivity index (χ3n) is 3.69. The third-order valence-corrected chi connectivity index (χ3v) is 3.69. The quantitative estimate of drug-likeness (QED) is 0.850. The lowest BCUT2D eigenvalue weighted by molar-refractivity contribution is 0.0695. The first kappa shape index (κ1) is 17.0. The number of methoxy groups -OCH3 is 1. The van der Waals surface area contributed by atoms with Gasteiger partial charge in [0.25, 0.3) is 5.91 Å². The van der Waals surface area contributed by atoms with Gasteiger partial charge in [-0.25, -0.2) is 0 Å². The van der Waals surface area contributed by atoms with Gasteiger partial charge in [-0.05, 0) is 30.2 Å². The molecule has 0 heterocycles. The molecule has 0 saturated heterocycles. The molecule has 2 rings (SSSR count). The van der Waals surface area contributed by atoms with Crippen LogP contribution >= 0.6 is 0 Å². The summed E-state index contributed by atoms with van der Waals surface area (Å²) in [5, 5.41) is 9.91. The number of phenols is 1. The van der Waals surface area contributed by atoms with E-state index in [4.69, 9.17) is 4.74 Å². The molecule has 0 aromatic heterocycles. The Balaban J connectivity index is 2.17. The Bertz CT molecular complexity index is 637. The van der Waals surface area contributed by atoms with Crippen molar-refractivity contribution in [2.75, 3.05) is 26.8 Å². The van der Waals surface area contributed by atoms with E-state index in [1.54, 1.807) is 36.3 Å². The van der Waals surface area contributed by atoms with Crippen LogP contribution in [0.4, 0.5) is 0 Å². The van der Waals surface area contributed by atoms with Gasteiger partial charge in [-0.2, -0.15) is 0 Å². The van der Waals surface area contributed by atoms with Crippen molar-refractivity contribution in [3.05, 3.63) is 54.1 Å². The van der Waals surface area contributed by atoms with Crippen LogP contribution in [0.2, 0.25) is 0 Å². The maximum Gasteiger partial charge on any atom is 0.253 e. The predicted octanol–water partition coefficient (Wildman–Crippen LogP) is 3.56. The zero-order valence-electron chi connectivity index (χ0n) is 13.7. The molecule has 0 unspecified atom stereocenters. The minimum Gasteiger partial charge on any atom is -0.507 e. The summed E-state index contributed by atoms with van der Waals surface area (Å²) in [6, 6.07) is 14.5. The van der Waals surface area contributed by atoms with Crippen molar-refractivity contribution in [2.24, 2.45) is 0 Å². The largest absolute Gasteiger partial charge is 0.507 e. The Labute approximate surface area is 137 Å². The lowest BCUT2D eigenvalue weighted by atomic mass is 10.0. The van der Waals surface area contributed by atoms with Crippen LogP contribution in [0.15, 0.2) is 48.5 Å². The van der Waals surface area contributed by atoms with E-state index in [0.717, 1.165) is 17.5 Å². The molecule has 0 saturated carbocycles. The van der Waals surface area contributed by atoms with Crippen molar-refractivity contribution >= 4 is 5.91 Å². The first-order chi connectivity index (χ1) is 11.2. The highest BCUT2D eigenvalue weighted by atomic mass is 16.5. The van der Waals surface area contributed by atoms with E-state index in [1.807, 2.05) is 31.2 Å². The molecular weight excluding hydrogens is 290 g/mol. The van der Waals surface area contributed by atoms with E-state index in [1.165, 1.54) is 0 Å². The van der Waals surface area contributed by atoms with Crippen molar-refractivity contribution in [1.82, 2.24) is 4.90 Å². The molecule has 0 spiro atoms. The summed E-state index contributed by atoms with van der Waals surface area (Å²) >= 11 is 0. The molecule has 1 amide bonds. The number of phenolic OH excluding ortho intramolecular Hbond substituents is 1. The molecule has 0 fully saturated rings. The first-order valence-electron chi connectivity index (χ1n) is 7.84. The lowest BCUT2D eigenvalue weighted by Crippen LogP contribution is -2.34. The SMILES string of the molecule is CCCN(CCOC)C(=O)c1ccc(-c2ccccc2O)cc1. The number of hydrogen-bond acceptors (Lipinski definition) is 3. The van der Waals surface area contributed by atoms with E-state index >= 15 is 0 Å². The number of carbonyl (C=O) groups excluding carboxylic acids is 1. The maximum atomic E-state index is 12.6. The van der Waals surface area contributed by atoms with Crippen LogP contribution < -0.4 is 0 Å². The number of ether oxygens (including phenoxy) is 1. The number of amides is 1. The van der Waals surface area contributed by atoms with Gasteiger partial charge >= 0.3 is 0 Å². The summed E-state index contributed by atoms with van der Waals surface area (Å²) in [4.78, 5) is 14.4. The molecule has 4 heteroatoms.